The first-order chi connectivity index (χ1) is 10.2. The average Bonchev–Trinajstić information content (AvgIpc) is 2.69. The van der Waals surface area contributed by atoms with Crippen LogP contribution < -0.4 is 10.5 Å². The van der Waals surface area contributed by atoms with Gasteiger partial charge in [-0.05, 0) is 57.0 Å². The van der Waals surface area contributed by atoms with Crippen molar-refractivity contribution in [1.29, 1.82) is 0 Å². The Morgan fingerprint density at radius 2 is 2.05 bits per heavy atom. The summed E-state index contributed by atoms with van der Waals surface area (Å²) in [6, 6.07) is 8.41. The molecule has 0 aromatic heterocycles. The number of thiocarbonyl (C=S) groups is 1. The van der Waals surface area contributed by atoms with E-state index in [1.54, 1.807) is 0 Å². The first-order valence-corrected chi connectivity index (χ1v) is 8.34. The molecule has 0 amide bonds. The number of hydrogen-bond donors (Lipinski definition) is 1. The zero-order chi connectivity index (χ0) is 15.1. The van der Waals surface area contributed by atoms with Crippen LogP contribution in [-0.2, 0) is 0 Å². The monoisotopic (exact) mass is 306 g/mol. The smallest absolute Gasteiger partial charge is 0.119 e. The van der Waals surface area contributed by atoms with Crippen molar-refractivity contribution in [3.8, 4) is 5.75 Å². The standard InChI is InChI=1S/C17H26N2OS/c1-14-6-3-2-4-11-19(14)12-5-13-20-16-9-7-15(8-10-16)17(18)21/h7-10,14H,2-6,11-13H2,1H3,(H2,18,21). The minimum atomic E-state index is 0.428. The highest BCUT2D eigenvalue weighted by atomic mass is 32.1. The molecule has 0 bridgehead atoms. The summed E-state index contributed by atoms with van der Waals surface area (Å²) in [5, 5.41) is 0. The number of likely N-dealkylation sites (tertiary alicyclic amines) is 1. The van der Waals surface area contributed by atoms with Crippen molar-refractivity contribution >= 4 is 17.2 Å². The molecule has 1 aromatic rings. The predicted molar refractivity (Wildman–Crippen MR) is 91.9 cm³/mol. The van der Waals surface area contributed by atoms with E-state index in [9.17, 15) is 0 Å². The van der Waals surface area contributed by atoms with Crippen molar-refractivity contribution in [2.45, 2.75) is 45.1 Å². The Morgan fingerprint density at radius 3 is 2.76 bits per heavy atom. The van der Waals surface area contributed by atoms with Gasteiger partial charge in [-0.3, -0.25) is 0 Å². The van der Waals surface area contributed by atoms with Gasteiger partial charge in [0.1, 0.15) is 10.7 Å². The zero-order valence-electron chi connectivity index (χ0n) is 12.9. The third-order valence-electron chi connectivity index (χ3n) is 4.19. The Morgan fingerprint density at radius 1 is 1.29 bits per heavy atom. The molecular weight excluding hydrogens is 280 g/mol. The summed E-state index contributed by atoms with van der Waals surface area (Å²) < 4.78 is 5.79. The van der Waals surface area contributed by atoms with Gasteiger partial charge in [0, 0.05) is 18.2 Å². The fourth-order valence-electron chi connectivity index (χ4n) is 2.84. The Hall–Kier alpha value is -1.13. The number of nitrogens with two attached hydrogens (primary N) is 1. The van der Waals surface area contributed by atoms with Gasteiger partial charge in [0.2, 0.25) is 0 Å². The molecule has 1 aliphatic rings. The van der Waals surface area contributed by atoms with Gasteiger partial charge in [0.05, 0.1) is 6.61 Å². The van der Waals surface area contributed by atoms with E-state index in [4.69, 9.17) is 22.7 Å². The molecule has 4 heteroatoms. The van der Waals surface area contributed by atoms with Crippen LogP contribution in [0.2, 0.25) is 0 Å². The SMILES string of the molecule is CC1CCCCCN1CCCOc1ccc(C(N)=S)cc1. The van der Waals surface area contributed by atoms with E-state index < -0.39 is 0 Å². The van der Waals surface area contributed by atoms with E-state index in [0.29, 0.717) is 4.99 Å². The van der Waals surface area contributed by atoms with E-state index >= 15 is 0 Å². The van der Waals surface area contributed by atoms with Crippen molar-refractivity contribution in [3.63, 3.8) is 0 Å². The second-order valence-electron chi connectivity index (χ2n) is 5.82. The van der Waals surface area contributed by atoms with Crippen LogP contribution in [-0.4, -0.2) is 35.6 Å². The number of nitrogens with zero attached hydrogens (tertiary/aromatic N) is 1. The summed E-state index contributed by atoms with van der Waals surface area (Å²) in [5.74, 6) is 0.888. The summed E-state index contributed by atoms with van der Waals surface area (Å²) in [5.41, 5.74) is 6.46. The lowest BCUT2D eigenvalue weighted by Gasteiger charge is -2.26. The van der Waals surface area contributed by atoms with Crippen molar-refractivity contribution in [3.05, 3.63) is 29.8 Å². The van der Waals surface area contributed by atoms with E-state index in [2.05, 4.69) is 11.8 Å². The van der Waals surface area contributed by atoms with E-state index in [1.165, 1.54) is 32.2 Å². The molecule has 0 radical (unpaired) electrons. The normalized spacial score (nSPS) is 20.0. The first kappa shape index (κ1) is 16.2. The van der Waals surface area contributed by atoms with Crippen molar-refractivity contribution < 1.29 is 4.74 Å². The molecule has 0 spiro atoms. The lowest BCUT2D eigenvalue weighted by Crippen LogP contribution is -2.34. The first-order valence-electron chi connectivity index (χ1n) is 7.93. The second-order valence-corrected chi connectivity index (χ2v) is 6.26. The van der Waals surface area contributed by atoms with E-state index in [1.807, 2.05) is 24.3 Å². The third-order valence-corrected chi connectivity index (χ3v) is 4.42. The fourth-order valence-corrected chi connectivity index (χ4v) is 2.98. The summed E-state index contributed by atoms with van der Waals surface area (Å²) >= 11 is 4.94. The molecule has 3 nitrogen and oxygen atoms in total. The van der Waals surface area contributed by atoms with Gasteiger partial charge in [-0.25, -0.2) is 0 Å². The van der Waals surface area contributed by atoms with Crippen LogP contribution in [0.4, 0.5) is 0 Å². The molecule has 21 heavy (non-hydrogen) atoms. The van der Waals surface area contributed by atoms with E-state index in [0.717, 1.165) is 36.9 Å². The summed E-state index contributed by atoms with van der Waals surface area (Å²) in [6.45, 7) is 5.48. The maximum atomic E-state index is 5.79. The van der Waals surface area contributed by atoms with Gasteiger partial charge < -0.3 is 15.4 Å². The highest BCUT2D eigenvalue weighted by Crippen LogP contribution is 2.17. The number of ether oxygens (including phenoxy) is 1. The second kappa shape index (κ2) is 8.35. The summed E-state index contributed by atoms with van der Waals surface area (Å²) in [4.78, 5) is 3.03. The minimum absolute atomic E-state index is 0.428. The van der Waals surface area contributed by atoms with Crippen molar-refractivity contribution in [2.75, 3.05) is 19.7 Å². The van der Waals surface area contributed by atoms with Crippen molar-refractivity contribution in [1.82, 2.24) is 4.90 Å². The van der Waals surface area contributed by atoms with Crippen molar-refractivity contribution in [2.24, 2.45) is 5.73 Å². The Balaban J connectivity index is 1.70. The van der Waals surface area contributed by atoms with Gasteiger partial charge in [0.15, 0.2) is 0 Å². The Kier molecular flexibility index (Phi) is 6.46. The predicted octanol–water partition coefficient (Wildman–Crippen LogP) is 3.35. The van der Waals surface area contributed by atoms with Gasteiger partial charge in [-0.1, -0.05) is 25.1 Å². The molecule has 1 heterocycles. The average molecular weight is 306 g/mol. The van der Waals surface area contributed by atoms with Crippen LogP contribution in [0, 0.1) is 0 Å². The van der Waals surface area contributed by atoms with Crippen LogP contribution in [0.1, 0.15) is 44.6 Å². The molecule has 1 fully saturated rings. The Bertz CT molecular complexity index is 447. The summed E-state index contributed by atoms with van der Waals surface area (Å²) in [7, 11) is 0. The molecule has 1 atom stereocenters. The molecule has 1 unspecified atom stereocenters. The highest BCUT2D eigenvalue weighted by molar-refractivity contribution is 7.80. The summed E-state index contributed by atoms with van der Waals surface area (Å²) in [6.07, 6.45) is 6.50. The minimum Gasteiger partial charge on any atom is -0.494 e. The van der Waals surface area contributed by atoms with Gasteiger partial charge in [-0.15, -0.1) is 0 Å². The molecule has 2 rings (SSSR count). The van der Waals surface area contributed by atoms with Crippen LogP contribution in [0.5, 0.6) is 5.75 Å². The maximum absolute atomic E-state index is 5.79. The van der Waals surface area contributed by atoms with E-state index in [-0.39, 0.29) is 0 Å². The molecule has 1 aromatic carbocycles. The quantitative estimate of drug-likeness (QED) is 0.646. The maximum Gasteiger partial charge on any atom is 0.119 e. The molecule has 0 saturated carbocycles. The topological polar surface area (TPSA) is 38.5 Å². The molecule has 116 valence electrons. The zero-order valence-corrected chi connectivity index (χ0v) is 13.7. The molecule has 1 aliphatic heterocycles. The number of benzene rings is 1. The molecule has 1 saturated heterocycles. The largest absolute Gasteiger partial charge is 0.494 e. The van der Waals surface area contributed by atoms with Gasteiger partial charge in [0.25, 0.3) is 0 Å². The fraction of sp³-hybridized carbons (Fsp3) is 0.588. The third kappa shape index (κ3) is 5.29. The highest BCUT2D eigenvalue weighted by Gasteiger charge is 2.15. The lowest BCUT2D eigenvalue weighted by atomic mass is 10.1. The van der Waals surface area contributed by atoms with Crippen LogP contribution >= 0.6 is 12.2 Å². The van der Waals surface area contributed by atoms with Crippen LogP contribution in [0.25, 0.3) is 0 Å². The molecular formula is C17H26N2OS. The van der Waals surface area contributed by atoms with Gasteiger partial charge in [-0.2, -0.15) is 0 Å². The Labute approximate surface area is 133 Å². The van der Waals surface area contributed by atoms with Crippen LogP contribution in [0.15, 0.2) is 24.3 Å². The lowest BCUT2D eigenvalue weighted by molar-refractivity contribution is 0.192. The molecule has 0 aliphatic carbocycles. The number of hydrogen-bond acceptors (Lipinski definition) is 3. The van der Waals surface area contributed by atoms with Gasteiger partial charge >= 0.3 is 0 Å². The number of rotatable bonds is 6. The molecule has 2 N–H and O–H groups in total. The van der Waals surface area contributed by atoms with Crippen LogP contribution in [0.3, 0.4) is 0 Å².